The van der Waals surface area contributed by atoms with Crippen LogP contribution in [0.25, 0.3) is 11.0 Å². The molecular formula is C13H14FN3O3. The van der Waals surface area contributed by atoms with E-state index in [1.54, 1.807) is 6.92 Å². The number of halogens is 1. The molecule has 0 aliphatic heterocycles. The van der Waals surface area contributed by atoms with Crippen LogP contribution in [0.1, 0.15) is 13.3 Å². The van der Waals surface area contributed by atoms with E-state index in [2.05, 4.69) is 10.3 Å². The number of aromatic amines is 1. The molecule has 2 N–H and O–H groups in total. The first kappa shape index (κ1) is 14.0. The van der Waals surface area contributed by atoms with Gasteiger partial charge in [0, 0.05) is 19.5 Å². The van der Waals surface area contributed by atoms with Gasteiger partial charge in [-0.2, -0.15) is 0 Å². The number of nitrogens with zero attached hydrogens (tertiary/aromatic N) is 1. The molecule has 0 saturated heterocycles. The van der Waals surface area contributed by atoms with Gasteiger partial charge >= 0.3 is 11.1 Å². The molecule has 1 aromatic carbocycles. The summed E-state index contributed by atoms with van der Waals surface area (Å²) in [4.78, 5) is 36.8. The second-order valence-electron chi connectivity index (χ2n) is 4.28. The summed E-state index contributed by atoms with van der Waals surface area (Å²) in [7, 11) is 0. The average Bonchev–Trinajstić information content (AvgIpc) is 2.42. The summed E-state index contributed by atoms with van der Waals surface area (Å²) in [6, 6.07) is 3.78. The maximum Gasteiger partial charge on any atom is 0.316 e. The Balaban J connectivity index is 2.40. The molecule has 0 atom stereocenters. The first-order chi connectivity index (χ1) is 9.52. The van der Waals surface area contributed by atoms with Crippen molar-refractivity contribution in [1.29, 1.82) is 0 Å². The smallest absolute Gasteiger partial charge is 0.316 e. The summed E-state index contributed by atoms with van der Waals surface area (Å²) in [6.45, 7) is 2.09. The summed E-state index contributed by atoms with van der Waals surface area (Å²) in [5.74, 6) is -0.643. The third-order valence-electron chi connectivity index (χ3n) is 2.92. The Morgan fingerprint density at radius 1 is 1.40 bits per heavy atom. The Morgan fingerprint density at radius 3 is 2.85 bits per heavy atom. The molecule has 1 amide bonds. The van der Waals surface area contributed by atoms with Crippen LogP contribution in [0, 0.1) is 5.82 Å². The van der Waals surface area contributed by atoms with Gasteiger partial charge in [-0.3, -0.25) is 14.4 Å². The molecule has 1 aromatic heterocycles. The number of rotatable bonds is 4. The van der Waals surface area contributed by atoms with Crippen molar-refractivity contribution in [2.75, 3.05) is 6.54 Å². The van der Waals surface area contributed by atoms with E-state index < -0.39 is 16.9 Å². The quantitative estimate of drug-likeness (QED) is 0.792. The lowest BCUT2D eigenvalue weighted by atomic mass is 10.3. The largest absolute Gasteiger partial charge is 0.354 e. The normalized spacial score (nSPS) is 10.7. The summed E-state index contributed by atoms with van der Waals surface area (Å²) >= 11 is 0. The predicted octanol–water partition coefficient (Wildman–Crippen LogP) is 0.355. The molecule has 0 radical (unpaired) electrons. The van der Waals surface area contributed by atoms with E-state index in [4.69, 9.17) is 0 Å². The van der Waals surface area contributed by atoms with Crippen LogP contribution in [0.2, 0.25) is 0 Å². The number of H-pyrrole nitrogens is 1. The van der Waals surface area contributed by atoms with Crippen LogP contribution in [0.4, 0.5) is 4.39 Å². The molecule has 0 aliphatic rings. The zero-order valence-corrected chi connectivity index (χ0v) is 10.9. The number of nitrogens with one attached hydrogen (secondary N) is 2. The predicted molar refractivity (Wildman–Crippen MR) is 72.1 cm³/mol. The zero-order chi connectivity index (χ0) is 14.7. The van der Waals surface area contributed by atoms with Gasteiger partial charge in [-0.05, 0) is 18.2 Å². The molecule has 106 valence electrons. The van der Waals surface area contributed by atoms with Gasteiger partial charge in [-0.25, -0.2) is 4.39 Å². The number of benzene rings is 1. The Bertz CT molecular complexity index is 764. The van der Waals surface area contributed by atoms with Gasteiger partial charge < -0.3 is 14.9 Å². The van der Waals surface area contributed by atoms with Crippen LogP contribution in [-0.4, -0.2) is 22.0 Å². The van der Waals surface area contributed by atoms with Crippen LogP contribution < -0.4 is 16.4 Å². The van der Waals surface area contributed by atoms with E-state index in [-0.39, 0.29) is 24.5 Å². The minimum atomic E-state index is -0.815. The van der Waals surface area contributed by atoms with Crippen molar-refractivity contribution in [3.05, 3.63) is 44.7 Å². The van der Waals surface area contributed by atoms with E-state index in [9.17, 15) is 18.8 Å². The number of amides is 1. The van der Waals surface area contributed by atoms with Crippen LogP contribution >= 0.6 is 0 Å². The number of carbonyl (C=O) groups is 1. The molecule has 0 bridgehead atoms. The van der Waals surface area contributed by atoms with Crippen molar-refractivity contribution in [2.45, 2.75) is 19.9 Å². The molecule has 6 nitrogen and oxygen atoms in total. The molecule has 0 unspecified atom stereocenters. The molecule has 2 aromatic rings. The van der Waals surface area contributed by atoms with Gasteiger partial charge in [0.25, 0.3) is 0 Å². The van der Waals surface area contributed by atoms with Gasteiger partial charge in [0.05, 0.1) is 11.0 Å². The molecule has 0 spiro atoms. The van der Waals surface area contributed by atoms with E-state index in [0.29, 0.717) is 11.9 Å². The molecule has 0 aliphatic carbocycles. The first-order valence-electron chi connectivity index (χ1n) is 6.22. The Labute approximate surface area is 113 Å². The fourth-order valence-electron chi connectivity index (χ4n) is 1.91. The van der Waals surface area contributed by atoms with Crippen molar-refractivity contribution < 1.29 is 9.18 Å². The van der Waals surface area contributed by atoms with Crippen LogP contribution in [-0.2, 0) is 11.3 Å². The van der Waals surface area contributed by atoms with E-state index in [1.165, 1.54) is 16.7 Å². The second kappa shape index (κ2) is 5.68. The monoisotopic (exact) mass is 279 g/mol. The number of aromatic nitrogens is 2. The fraction of sp³-hybridized carbons (Fsp3) is 0.308. The fourth-order valence-corrected chi connectivity index (χ4v) is 1.91. The maximum absolute atomic E-state index is 13.1. The number of carbonyl (C=O) groups excluding carboxylic acids is 1. The van der Waals surface area contributed by atoms with Crippen molar-refractivity contribution in [1.82, 2.24) is 14.9 Å². The molecular weight excluding hydrogens is 265 g/mol. The topological polar surface area (TPSA) is 84.0 Å². The van der Waals surface area contributed by atoms with Gasteiger partial charge in [0.15, 0.2) is 0 Å². The minimum absolute atomic E-state index is 0.141. The Kier molecular flexibility index (Phi) is 3.97. The summed E-state index contributed by atoms with van der Waals surface area (Å²) in [6.07, 6.45) is 0.343. The summed E-state index contributed by atoms with van der Waals surface area (Å²) < 4.78 is 14.4. The third kappa shape index (κ3) is 2.76. The van der Waals surface area contributed by atoms with Crippen molar-refractivity contribution >= 4 is 16.9 Å². The van der Waals surface area contributed by atoms with Gasteiger partial charge in [0.2, 0.25) is 5.91 Å². The first-order valence-corrected chi connectivity index (χ1v) is 6.22. The second-order valence-corrected chi connectivity index (χ2v) is 4.28. The molecule has 7 heteroatoms. The van der Waals surface area contributed by atoms with Gasteiger partial charge in [-0.1, -0.05) is 6.92 Å². The highest BCUT2D eigenvalue weighted by Crippen LogP contribution is 2.09. The third-order valence-corrected chi connectivity index (χ3v) is 2.92. The van der Waals surface area contributed by atoms with Crippen LogP contribution in [0.3, 0.4) is 0 Å². The number of fused-ring (bicyclic) bond motifs is 1. The Morgan fingerprint density at radius 2 is 2.15 bits per heavy atom. The average molecular weight is 279 g/mol. The highest BCUT2D eigenvalue weighted by molar-refractivity contribution is 5.75. The van der Waals surface area contributed by atoms with Gasteiger partial charge in [-0.15, -0.1) is 0 Å². The van der Waals surface area contributed by atoms with Crippen molar-refractivity contribution in [3.8, 4) is 0 Å². The SMILES string of the molecule is CCC(=O)NCCn1c(=O)c(=O)[nH]c2cc(F)ccc21. The molecule has 0 fully saturated rings. The van der Waals surface area contributed by atoms with Crippen LogP contribution in [0.5, 0.6) is 0 Å². The lowest BCUT2D eigenvalue weighted by Crippen LogP contribution is -2.39. The number of hydrogen-bond donors (Lipinski definition) is 2. The van der Waals surface area contributed by atoms with E-state index >= 15 is 0 Å². The summed E-state index contributed by atoms with van der Waals surface area (Å²) in [5.41, 5.74) is -0.877. The Hall–Kier alpha value is -2.44. The molecule has 2 rings (SSSR count). The summed E-state index contributed by atoms with van der Waals surface area (Å²) in [5, 5.41) is 2.62. The maximum atomic E-state index is 13.1. The minimum Gasteiger partial charge on any atom is -0.354 e. The van der Waals surface area contributed by atoms with E-state index in [1.807, 2.05) is 0 Å². The molecule has 20 heavy (non-hydrogen) atoms. The van der Waals surface area contributed by atoms with Crippen molar-refractivity contribution in [3.63, 3.8) is 0 Å². The van der Waals surface area contributed by atoms with E-state index in [0.717, 1.165) is 6.07 Å². The lowest BCUT2D eigenvalue weighted by Gasteiger charge is -2.10. The molecule has 0 saturated carbocycles. The highest BCUT2D eigenvalue weighted by Gasteiger charge is 2.08. The standard InChI is InChI=1S/C13H14FN3O3/c1-2-11(18)15-5-6-17-10-4-3-8(14)7-9(10)16-12(19)13(17)20/h3-4,7H,2,5-6H2,1H3,(H,15,18)(H,16,19). The van der Waals surface area contributed by atoms with Crippen LogP contribution in [0.15, 0.2) is 27.8 Å². The van der Waals surface area contributed by atoms with Crippen molar-refractivity contribution in [2.24, 2.45) is 0 Å². The lowest BCUT2D eigenvalue weighted by molar-refractivity contribution is -0.120. The molecule has 1 heterocycles. The highest BCUT2D eigenvalue weighted by atomic mass is 19.1. The number of hydrogen-bond acceptors (Lipinski definition) is 3. The zero-order valence-electron chi connectivity index (χ0n) is 10.9. The van der Waals surface area contributed by atoms with Gasteiger partial charge in [0.1, 0.15) is 5.82 Å².